The van der Waals surface area contributed by atoms with E-state index in [2.05, 4.69) is 36.0 Å². The van der Waals surface area contributed by atoms with E-state index >= 15 is 0 Å². The van der Waals surface area contributed by atoms with Gasteiger partial charge in [0.15, 0.2) is 11.0 Å². The molecule has 0 spiro atoms. The Kier molecular flexibility index (Phi) is 4.84. The van der Waals surface area contributed by atoms with Gasteiger partial charge < -0.3 is 0 Å². The van der Waals surface area contributed by atoms with Crippen molar-refractivity contribution in [3.05, 3.63) is 53.2 Å². The van der Waals surface area contributed by atoms with Gasteiger partial charge in [-0.3, -0.25) is 14.3 Å². The summed E-state index contributed by atoms with van der Waals surface area (Å²) >= 11 is 7.53. The molecule has 0 aliphatic carbocycles. The summed E-state index contributed by atoms with van der Waals surface area (Å²) in [5, 5.41) is 9.65. The first-order valence-corrected chi connectivity index (χ1v) is 10.3. The first-order valence-electron chi connectivity index (χ1n) is 8.70. The Bertz CT molecular complexity index is 1080. The molecule has 1 amide bonds. The molecule has 0 saturated heterocycles. The van der Waals surface area contributed by atoms with E-state index in [-0.39, 0.29) is 17.1 Å². The summed E-state index contributed by atoms with van der Waals surface area (Å²) in [5.74, 6) is 1.05. The van der Waals surface area contributed by atoms with E-state index in [4.69, 9.17) is 16.6 Å². The summed E-state index contributed by atoms with van der Waals surface area (Å²) in [4.78, 5) is 23.4. The lowest BCUT2D eigenvalue weighted by Gasteiger charge is -2.16. The summed E-state index contributed by atoms with van der Waals surface area (Å²) in [6.45, 7) is 8.41. The Morgan fingerprint density at radius 3 is 2.75 bits per heavy atom. The van der Waals surface area contributed by atoms with Gasteiger partial charge in [0, 0.05) is 22.9 Å². The van der Waals surface area contributed by atoms with Crippen molar-refractivity contribution in [3.63, 3.8) is 0 Å². The van der Waals surface area contributed by atoms with E-state index in [9.17, 15) is 4.79 Å². The Balaban J connectivity index is 1.75. The average molecular weight is 414 g/mol. The first-order chi connectivity index (χ1) is 13.4. The molecule has 0 aromatic carbocycles. The molecule has 1 aliphatic heterocycles. The van der Waals surface area contributed by atoms with Gasteiger partial charge in [0.2, 0.25) is 0 Å². The van der Waals surface area contributed by atoms with Crippen LogP contribution in [0.2, 0.25) is 5.15 Å². The molecule has 143 valence electrons. The van der Waals surface area contributed by atoms with E-state index in [1.165, 1.54) is 11.8 Å². The second-order valence-electron chi connectivity index (χ2n) is 6.66. The zero-order valence-corrected chi connectivity index (χ0v) is 17.3. The quantitative estimate of drug-likeness (QED) is 0.474. The number of aromatic nitrogens is 5. The Morgan fingerprint density at radius 2 is 2.04 bits per heavy atom. The van der Waals surface area contributed by atoms with Crippen LogP contribution in [-0.2, 0) is 6.54 Å². The average Bonchev–Trinajstić information content (AvgIpc) is 3.24. The van der Waals surface area contributed by atoms with Crippen molar-refractivity contribution >= 4 is 35.1 Å². The Labute approximate surface area is 172 Å². The van der Waals surface area contributed by atoms with Crippen LogP contribution in [0.15, 0.2) is 29.4 Å². The third-order valence-electron chi connectivity index (χ3n) is 4.57. The van der Waals surface area contributed by atoms with Crippen LogP contribution in [0, 0.1) is 6.92 Å². The fraction of sp³-hybridized carbons (Fsp3) is 0.263. The number of carbonyl (C=O) groups is 1. The molecular weight excluding hydrogens is 396 g/mol. The van der Waals surface area contributed by atoms with Gasteiger partial charge in [-0.05, 0) is 45.2 Å². The number of hydrogen-bond acceptors (Lipinski definition) is 6. The second kappa shape index (κ2) is 7.18. The van der Waals surface area contributed by atoms with Crippen molar-refractivity contribution < 1.29 is 4.79 Å². The minimum absolute atomic E-state index is 0.163. The van der Waals surface area contributed by atoms with Crippen molar-refractivity contribution in [1.29, 1.82) is 0 Å². The van der Waals surface area contributed by atoms with Crippen LogP contribution < -0.4 is 4.90 Å². The molecule has 0 saturated carbocycles. The van der Waals surface area contributed by atoms with E-state index in [1.807, 2.05) is 23.0 Å². The second-order valence-corrected chi connectivity index (χ2v) is 7.82. The number of nitrogens with zero attached hydrogens (tertiary/aromatic N) is 6. The van der Waals surface area contributed by atoms with Crippen molar-refractivity contribution in [1.82, 2.24) is 24.7 Å². The van der Waals surface area contributed by atoms with E-state index in [0.29, 0.717) is 35.1 Å². The van der Waals surface area contributed by atoms with Crippen LogP contribution >= 0.6 is 23.4 Å². The zero-order chi connectivity index (χ0) is 20.0. The SMILES string of the molecule is [CH2]c1nc(Cl)cc2c1CN(c1cccc(-c3nnc(SC)n3C(C)C)n1)C2=O. The maximum atomic E-state index is 12.9. The monoisotopic (exact) mass is 413 g/mol. The van der Waals surface area contributed by atoms with Crippen molar-refractivity contribution in [2.45, 2.75) is 31.6 Å². The number of thioether (sulfide) groups is 1. The lowest BCUT2D eigenvalue weighted by atomic mass is 10.1. The van der Waals surface area contributed by atoms with Crippen LogP contribution in [0.4, 0.5) is 5.82 Å². The molecule has 3 aromatic heterocycles. The van der Waals surface area contributed by atoms with Crippen LogP contribution in [0.5, 0.6) is 0 Å². The highest BCUT2D eigenvalue weighted by atomic mass is 35.5. The summed E-state index contributed by atoms with van der Waals surface area (Å²) in [5.41, 5.74) is 2.47. The van der Waals surface area contributed by atoms with Gasteiger partial charge in [-0.25, -0.2) is 9.97 Å². The minimum Gasteiger partial charge on any atom is -0.298 e. The molecule has 4 rings (SSSR count). The summed E-state index contributed by atoms with van der Waals surface area (Å²) in [6.07, 6.45) is 1.96. The molecule has 3 aromatic rings. The van der Waals surface area contributed by atoms with Gasteiger partial charge in [0.1, 0.15) is 16.7 Å². The number of carbonyl (C=O) groups excluding carboxylic acids is 1. The number of halogens is 1. The van der Waals surface area contributed by atoms with Gasteiger partial charge in [-0.15, -0.1) is 10.2 Å². The third-order valence-corrected chi connectivity index (χ3v) is 5.41. The molecule has 4 heterocycles. The van der Waals surface area contributed by atoms with Crippen molar-refractivity contribution in [3.8, 4) is 11.5 Å². The summed E-state index contributed by atoms with van der Waals surface area (Å²) in [6, 6.07) is 7.30. The van der Waals surface area contributed by atoms with Gasteiger partial charge >= 0.3 is 0 Å². The largest absolute Gasteiger partial charge is 0.298 e. The highest BCUT2D eigenvalue weighted by Gasteiger charge is 2.32. The molecule has 0 bridgehead atoms. The predicted molar refractivity (Wildman–Crippen MR) is 110 cm³/mol. The highest BCUT2D eigenvalue weighted by molar-refractivity contribution is 7.98. The third kappa shape index (κ3) is 3.06. The molecule has 1 radical (unpaired) electrons. The zero-order valence-electron chi connectivity index (χ0n) is 15.7. The number of amides is 1. The van der Waals surface area contributed by atoms with Crippen molar-refractivity contribution in [2.75, 3.05) is 11.2 Å². The Morgan fingerprint density at radius 1 is 1.25 bits per heavy atom. The highest BCUT2D eigenvalue weighted by Crippen LogP contribution is 2.32. The molecule has 7 nitrogen and oxygen atoms in total. The van der Waals surface area contributed by atoms with Gasteiger partial charge in [-0.1, -0.05) is 29.4 Å². The van der Waals surface area contributed by atoms with Crippen LogP contribution in [-0.4, -0.2) is 36.9 Å². The molecule has 0 unspecified atom stereocenters. The van der Waals surface area contributed by atoms with Crippen LogP contribution in [0.3, 0.4) is 0 Å². The smallest absolute Gasteiger partial charge is 0.260 e. The fourth-order valence-corrected chi connectivity index (χ4v) is 4.10. The summed E-state index contributed by atoms with van der Waals surface area (Å²) < 4.78 is 2.04. The number of pyridine rings is 2. The van der Waals surface area contributed by atoms with E-state index < -0.39 is 0 Å². The first kappa shape index (κ1) is 18.9. The van der Waals surface area contributed by atoms with Crippen molar-refractivity contribution in [2.24, 2.45) is 0 Å². The minimum atomic E-state index is -0.163. The maximum absolute atomic E-state index is 12.9. The fourth-order valence-electron chi connectivity index (χ4n) is 3.27. The lowest BCUT2D eigenvalue weighted by Crippen LogP contribution is -2.24. The molecule has 0 atom stereocenters. The predicted octanol–water partition coefficient (Wildman–Crippen LogP) is 4.03. The molecule has 0 fully saturated rings. The number of hydrogen-bond donors (Lipinski definition) is 0. The molecular formula is C19H18ClN6OS. The molecule has 9 heteroatoms. The molecule has 1 aliphatic rings. The van der Waals surface area contributed by atoms with Crippen LogP contribution in [0.25, 0.3) is 11.5 Å². The van der Waals surface area contributed by atoms with Gasteiger partial charge in [0.25, 0.3) is 5.91 Å². The lowest BCUT2D eigenvalue weighted by molar-refractivity contribution is 0.0996. The normalized spacial score (nSPS) is 13.5. The van der Waals surface area contributed by atoms with E-state index in [1.54, 1.807) is 17.0 Å². The van der Waals surface area contributed by atoms with Gasteiger partial charge in [0.05, 0.1) is 6.54 Å². The van der Waals surface area contributed by atoms with E-state index in [0.717, 1.165) is 10.7 Å². The summed E-state index contributed by atoms with van der Waals surface area (Å²) in [7, 11) is 0. The van der Waals surface area contributed by atoms with Crippen LogP contribution in [0.1, 0.15) is 41.5 Å². The molecule has 28 heavy (non-hydrogen) atoms. The standard InChI is InChI=1S/C19H18ClN6OS/c1-10(2)26-17(23-24-19(26)28-4)14-6-5-7-16(22-14)25-9-13-11(3)21-15(20)8-12(13)18(25)27/h5-8,10H,3,9H2,1-2,4H3. The Hall–Kier alpha value is -2.45. The number of anilines is 1. The maximum Gasteiger partial charge on any atom is 0.260 e. The number of rotatable bonds is 4. The molecule has 0 N–H and O–H groups in total. The number of fused-ring (bicyclic) bond motifs is 1. The topological polar surface area (TPSA) is 76.8 Å². The van der Waals surface area contributed by atoms with Gasteiger partial charge in [-0.2, -0.15) is 0 Å².